The van der Waals surface area contributed by atoms with Gasteiger partial charge >= 0.3 is 6.16 Å². The molecule has 2 fully saturated rings. The zero-order chi connectivity index (χ0) is 26.8. The number of methoxy groups -OCH3 is 1. The van der Waals surface area contributed by atoms with Crippen molar-refractivity contribution >= 4 is 6.16 Å². The first-order chi connectivity index (χ1) is 18.6. The van der Waals surface area contributed by atoms with Crippen LogP contribution in [-0.4, -0.2) is 18.9 Å². The first kappa shape index (κ1) is 28.7. The molecule has 0 heterocycles. The van der Waals surface area contributed by atoms with E-state index in [-0.39, 0.29) is 5.60 Å². The van der Waals surface area contributed by atoms with E-state index in [1.54, 1.807) is 0 Å². The first-order valence-corrected chi connectivity index (χ1v) is 15.5. The summed E-state index contributed by atoms with van der Waals surface area (Å²) in [6, 6.07) is 18.6. The third-order valence-corrected chi connectivity index (χ3v) is 9.51. The Labute approximate surface area is 231 Å². The molecule has 0 bridgehead atoms. The first-order valence-electron chi connectivity index (χ1n) is 15.5. The van der Waals surface area contributed by atoms with Crippen LogP contribution in [0.25, 0.3) is 11.1 Å². The highest BCUT2D eigenvalue weighted by Gasteiger charge is 2.39. The Kier molecular flexibility index (Phi) is 10.7. The van der Waals surface area contributed by atoms with Gasteiger partial charge in [-0.15, -0.1) is 0 Å². The summed E-state index contributed by atoms with van der Waals surface area (Å²) in [5, 5.41) is 0. The summed E-state index contributed by atoms with van der Waals surface area (Å²) in [7, 11) is 1.41. The summed E-state index contributed by atoms with van der Waals surface area (Å²) in [5.41, 5.74) is 5.18. The number of unbranched alkanes of at least 4 members (excludes halogenated alkanes) is 3. The molecule has 38 heavy (non-hydrogen) atoms. The molecule has 4 rings (SSSR count). The molecule has 2 aromatic carbocycles. The van der Waals surface area contributed by atoms with Crippen LogP contribution >= 0.6 is 0 Å². The van der Waals surface area contributed by atoms with Gasteiger partial charge in [-0.05, 0) is 104 Å². The van der Waals surface area contributed by atoms with Gasteiger partial charge in [-0.25, -0.2) is 4.79 Å². The summed E-state index contributed by atoms with van der Waals surface area (Å²) < 4.78 is 10.7. The minimum Gasteiger partial charge on any atom is -0.438 e. The average molecular weight is 519 g/mol. The van der Waals surface area contributed by atoms with Crippen molar-refractivity contribution < 1.29 is 14.3 Å². The van der Waals surface area contributed by atoms with Crippen molar-refractivity contribution in [2.45, 2.75) is 128 Å². The molecule has 2 aromatic rings. The van der Waals surface area contributed by atoms with E-state index in [0.717, 1.165) is 50.4 Å². The van der Waals surface area contributed by atoms with Gasteiger partial charge in [-0.3, -0.25) is 0 Å². The summed E-state index contributed by atoms with van der Waals surface area (Å²) in [6.07, 6.45) is 17.5. The number of carbonyl (C=O) groups excluding carboxylic acids is 1. The molecule has 0 atom stereocenters. The number of carbonyl (C=O) groups is 1. The van der Waals surface area contributed by atoms with Crippen LogP contribution < -0.4 is 0 Å². The molecule has 0 unspecified atom stereocenters. The molecule has 0 aromatic heterocycles. The smallest absolute Gasteiger partial charge is 0.438 e. The molecule has 0 spiro atoms. The number of ether oxygens (including phenoxy) is 2. The quantitative estimate of drug-likeness (QED) is 0.219. The van der Waals surface area contributed by atoms with Crippen LogP contribution in [0.5, 0.6) is 0 Å². The molecule has 2 aliphatic rings. The Morgan fingerprint density at radius 3 is 1.76 bits per heavy atom. The molecule has 2 aliphatic carbocycles. The van der Waals surface area contributed by atoms with E-state index in [1.807, 2.05) is 0 Å². The van der Waals surface area contributed by atoms with Gasteiger partial charge in [0.25, 0.3) is 0 Å². The molecule has 0 amide bonds. The lowest BCUT2D eigenvalue weighted by atomic mass is 9.74. The maximum Gasteiger partial charge on any atom is 0.508 e. The minimum absolute atomic E-state index is 0.352. The van der Waals surface area contributed by atoms with Gasteiger partial charge in [-0.1, -0.05) is 94.5 Å². The second kappa shape index (κ2) is 14.2. The molecular weight excluding hydrogens is 468 g/mol. The zero-order valence-corrected chi connectivity index (χ0v) is 24.2. The Morgan fingerprint density at radius 2 is 1.26 bits per heavy atom. The van der Waals surface area contributed by atoms with Crippen molar-refractivity contribution in [2.24, 2.45) is 5.92 Å². The second-order valence-corrected chi connectivity index (χ2v) is 12.1. The van der Waals surface area contributed by atoms with Crippen LogP contribution in [0.1, 0.15) is 133 Å². The molecule has 0 N–H and O–H groups in total. The maximum absolute atomic E-state index is 12.0. The van der Waals surface area contributed by atoms with Crippen LogP contribution in [0, 0.1) is 5.92 Å². The van der Waals surface area contributed by atoms with Crippen LogP contribution in [0.15, 0.2) is 48.5 Å². The Morgan fingerprint density at radius 1 is 0.737 bits per heavy atom. The van der Waals surface area contributed by atoms with Crippen molar-refractivity contribution in [1.29, 1.82) is 0 Å². The number of rotatable bonds is 11. The predicted molar refractivity (Wildman–Crippen MR) is 158 cm³/mol. The highest BCUT2D eigenvalue weighted by Crippen LogP contribution is 2.43. The van der Waals surface area contributed by atoms with E-state index in [0.29, 0.717) is 5.92 Å². The fourth-order valence-corrected chi connectivity index (χ4v) is 6.97. The molecule has 3 nitrogen and oxygen atoms in total. The highest BCUT2D eigenvalue weighted by molar-refractivity contribution is 5.64. The van der Waals surface area contributed by atoms with Gasteiger partial charge in [0.05, 0.1) is 7.11 Å². The lowest BCUT2D eigenvalue weighted by molar-refractivity contribution is -0.0573. The molecule has 0 aliphatic heterocycles. The van der Waals surface area contributed by atoms with E-state index >= 15 is 0 Å². The van der Waals surface area contributed by atoms with Gasteiger partial charge in [-0.2, -0.15) is 0 Å². The predicted octanol–water partition coefficient (Wildman–Crippen LogP) is 10.6. The minimum atomic E-state index is -0.532. The van der Waals surface area contributed by atoms with Gasteiger partial charge in [0.1, 0.15) is 5.60 Å². The molecule has 2 saturated carbocycles. The van der Waals surface area contributed by atoms with E-state index < -0.39 is 6.16 Å². The van der Waals surface area contributed by atoms with Crippen molar-refractivity contribution in [2.75, 3.05) is 7.11 Å². The van der Waals surface area contributed by atoms with Gasteiger partial charge < -0.3 is 9.47 Å². The Bertz CT molecular complexity index is 961. The highest BCUT2D eigenvalue weighted by atomic mass is 16.7. The molecule has 3 heteroatoms. The van der Waals surface area contributed by atoms with Crippen molar-refractivity contribution in [1.82, 2.24) is 0 Å². The fraction of sp³-hybridized carbons (Fsp3) is 0.629. The van der Waals surface area contributed by atoms with Crippen molar-refractivity contribution in [3.05, 3.63) is 59.7 Å². The third-order valence-electron chi connectivity index (χ3n) is 9.51. The van der Waals surface area contributed by atoms with Crippen LogP contribution in [-0.2, 0) is 9.47 Å². The van der Waals surface area contributed by atoms with Gasteiger partial charge in [0.15, 0.2) is 0 Å². The average Bonchev–Trinajstić information content (AvgIpc) is 2.97. The number of hydrogen-bond acceptors (Lipinski definition) is 3. The van der Waals surface area contributed by atoms with E-state index in [1.165, 1.54) is 87.2 Å². The largest absolute Gasteiger partial charge is 0.508 e. The topological polar surface area (TPSA) is 35.5 Å². The summed E-state index contributed by atoms with van der Waals surface area (Å²) in [5.74, 6) is 2.23. The number of hydrogen-bond donors (Lipinski definition) is 0. The van der Waals surface area contributed by atoms with E-state index in [9.17, 15) is 4.79 Å². The SMILES string of the molecule is CCCCCC1(OC(=O)OC)CCC(c2ccc(-c3ccc(C4CCC(CCCC)CC4)cc3)cc2)CC1. The lowest BCUT2D eigenvalue weighted by Crippen LogP contribution is -2.39. The monoisotopic (exact) mass is 518 g/mol. The van der Waals surface area contributed by atoms with E-state index in [4.69, 9.17) is 9.47 Å². The van der Waals surface area contributed by atoms with E-state index in [2.05, 4.69) is 62.4 Å². The summed E-state index contributed by atoms with van der Waals surface area (Å²) in [6.45, 7) is 4.52. The maximum atomic E-state index is 12.0. The van der Waals surface area contributed by atoms with Crippen LogP contribution in [0.3, 0.4) is 0 Å². The molecule has 0 saturated heterocycles. The van der Waals surface area contributed by atoms with Crippen molar-refractivity contribution in [3.63, 3.8) is 0 Å². The fourth-order valence-electron chi connectivity index (χ4n) is 6.97. The molecular formula is C35H50O3. The Hall–Kier alpha value is -2.29. The number of benzene rings is 2. The van der Waals surface area contributed by atoms with Crippen LogP contribution in [0.2, 0.25) is 0 Å². The standard InChI is InChI=1S/C35H50O3/c1-4-6-8-24-35(38-34(36)37-3)25-22-33(23-26-35)32-20-18-31(19-21-32)30-16-14-29(15-17-30)28-12-10-27(11-13-28)9-7-5-2/h14-21,27-28,33H,4-13,22-26H2,1-3H3. The zero-order valence-electron chi connectivity index (χ0n) is 24.2. The normalized spacial score (nSPS) is 25.6. The van der Waals surface area contributed by atoms with Crippen molar-refractivity contribution in [3.8, 4) is 11.1 Å². The lowest BCUT2D eigenvalue weighted by Gasteiger charge is -2.39. The third kappa shape index (κ3) is 7.64. The van der Waals surface area contributed by atoms with Gasteiger partial charge in [0.2, 0.25) is 0 Å². The van der Waals surface area contributed by atoms with Gasteiger partial charge in [0, 0.05) is 0 Å². The summed E-state index contributed by atoms with van der Waals surface area (Å²) >= 11 is 0. The summed E-state index contributed by atoms with van der Waals surface area (Å²) in [4.78, 5) is 12.0. The Balaban J connectivity index is 1.32. The molecule has 208 valence electrons. The van der Waals surface area contributed by atoms with Crippen LogP contribution in [0.4, 0.5) is 4.79 Å². The second-order valence-electron chi connectivity index (χ2n) is 12.1. The molecule has 0 radical (unpaired) electrons.